The normalized spacial score (nSPS) is 18.5. The van der Waals surface area contributed by atoms with Crippen LogP contribution in [0.1, 0.15) is 28.6 Å². The highest BCUT2D eigenvalue weighted by atomic mass is 16.5. The fourth-order valence-electron chi connectivity index (χ4n) is 3.71. The molecule has 2 aromatic rings. The largest absolute Gasteiger partial charge is 0.507 e. The molecule has 0 bridgehead atoms. The molecule has 1 aromatic heterocycles. The molecule has 0 aliphatic carbocycles. The molecular weight excluding hydrogens is 374 g/mol. The number of carbonyl (C=O) groups excluding carboxylic acids is 2. The Morgan fingerprint density at radius 3 is 2.55 bits per heavy atom. The van der Waals surface area contributed by atoms with Crippen molar-refractivity contribution in [1.29, 1.82) is 0 Å². The molecule has 1 amide bonds. The van der Waals surface area contributed by atoms with Crippen LogP contribution in [-0.4, -0.2) is 58.8 Å². The monoisotopic (exact) mass is 399 g/mol. The van der Waals surface area contributed by atoms with Crippen LogP contribution in [-0.2, 0) is 21.4 Å². The van der Waals surface area contributed by atoms with Crippen molar-refractivity contribution >= 4 is 17.4 Å². The summed E-state index contributed by atoms with van der Waals surface area (Å²) in [6, 6.07) is 6.37. The molecule has 1 unspecified atom stereocenters. The quantitative estimate of drug-likeness (QED) is 0.454. The van der Waals surface area contributed by atoms with Gasteiger partial charge in [0.15, 0.2) is 0 Å². The molecule has 1 aliphatic heterocycles. The van der Waals surface area contributed by atoms with Gasteiger partial charge in [-0.15, -0.1) is 0 Å². The van der Waals surface area contributed by atoms with E-state index in [0.29, 0.717) is 28.3 Å². The van der Waals surface area contributed by atoms with Gasteiger partial charge in [0.25, 0.3) is 11.7 Å². The third-order valence-corrected chi connectivity index (χ3v) is 5.23. The van der Waals surface area contributed by atoms with Gasteiger partial charge in [-0.25, -0.2) is 0 Å². The van der Waals surface area contributed by atoms with Crippen LogP contribution in [0.25, 0.3) is 5.76 Å². The SMILES string of the molecule is COCCN1C(=O)C(=O)/C(=C(/O)c2c(C)nn(C)c2C)C1c1cccc(OC)c1. The lowest BCUT2D eigenvalue weighted by molar-refractivity contribution is -0.140. The van der Waals surface area contributed by atoms with Gasteiger partial charge < -0.3 is 19.5 Å². The van der Waals surface area contributed by atoms with Crippen LogP contribution in [0, 0.1) is 13.8 Å². The van der Waals surface area contributed by atoms with E-state index in [1.807, 2.05) is 0 Å². The lowest BCUT2D eigenvalue weighted by atomic mass is 9.94. The molecule has 1 N–H and O–H groups in total. The predicted octanol–water partition coefficient (Wildman–Crippen LogP) is 2.11. The van der Waals surface area contributed by atoms with E-state index in [1.165, 1.54) is 12.0 Å². The second-order valence-electron chi connectivity index (χ2n) is 6.93. The van der Waals surface area contributed by atoms with Gasteiger partial charge in [-0.05, 0) is 31.5 Å². The van der Waals surface area contributed by atoms with E-state index in [4.69, 9.17) is 9.47 Å². The number of aliphatic hydroxyl groups is 1. The maximum absolute atomic E-state index is 13.0. The summed E-state index contributed by atoms with van der Waals surface area (Å²) >= 11 is 0. The summed E-state index contributed by atoms with van der Waals surface area (Å²) in [5.74, 6) is -1.03. The molecule has 0 spiro atoms. The Kier molecular flexibility index (Phi) is 5.74. The van der Waals surface area contributed by atoms with Crippen LogP contribution in [0.3, 0.4) is 0 Å². The number of hydrogen-bond donors (Lipinski definition) is 1. The summed E-state index contributed by atoms with van der Waals surface area (Å²) in [7, 11) is 4.83. The molecule has 1 aromatic carbocycles. The molecule has 1 atom stereocenters. The van der Waals surface area contributed by atoms with Crippen molar-refractivity contribution < 1.29 is 24.2 Å². The zero-order chi connectivity index (χ0) is 21.3. The van der Waals surface area contributed by atoms with Gasteiger partial charge in [0.2, 0.25) is 0 Å². The number of aryl methyl sites for hydroxylation is 2. The topological polar surface area (TPSA) is 93.9 Å². The minimum Gasteiger partial charge on any atom is -0.507 e. The Bertz CT molecular complexity index is 992. The van der Waals surface area contributed by atoms with Gasteiger partial charge in [-0.1, -0.05) is 12.1 Å². The fourth-order valence-corrected chi connectivity index (χ4v) is 3.71. The van der Waals surface area contributed by atoms with E-state index in [0.717, 1.165) is 0 Å². The molecule has 2 heterocycles. The van der Waals surface area contributed by atoms with Crippen LogP contribution in [0.2, 0.25) is 0 Å². The van der Waals surface area contributed by atoms with Crippen LogP contribution < -0.4 is 4.74 Å². The van der Waals surface area contributed by atoms with Crippen molar-refractivity contribution in [2.24, 2.45) is 7.05 Å². The molecule has 3 rings (SSSR count). The summed E-state index contributed by atoms with van der Waals surface area (Å²) in [6.07, 6.45) is 0. The number of Topliss-reactive ketones (excluding diaryl/α,β-unsaturated/α-hetero) is 1. The first-order valence-corrected chi connectivity index (χ1v) is 9.23. The van der Waals surface area contributed by atoms with E-state index in [-0.39, 0.29) is 24.5 Å². The molecule has 8 nitrogen and oxygen atoms in total. The van der Waals surface area contributed by atoms with Gasteiger partial charge in [-0.2, -0.15) is 5.10 Å². The van der Waals surface area contributed by atoms with Gasteiger partial charge in [-0.3, -0.25) is 14.3 Å². The number of aromatic nitrogens is 2. The second-order valence-corrected chi connectivity index (χ2v) is 6.93. The Hall–Kier alpha value is -3.13. The number of benzene rings is 1. The number of ketones is 1. The first-order chi connectivity index (χ1) is 13.8. The number of amides is 1. The minimum absolute atomic E-state index is 0.0403. The summed E-state index contributed by atoms with van der Waals surface area (Å²) in [5.41, 5.74) is 2.45. The van der Waals surface area contributed by atoms with Crippen LogP contribution in [0.15, 0.2) is 29.8 Å². The van der Waals surface area contributed by atoms with Gasteiger partial charge in [0, 0.05) is 26.4 Å². The minimum atomic E-state index is -0.751. The van der Waals surface area contributed by atoms with E-state index in [9.17, 15) is 14.7 Å². The van der Waals surface area contributed by atoms with E-state index >= 15 is 0 Å². The van der Waals surface area contributed by atoms with Gasteiger partial charge >= 0.3 is 0 Å². The highest BCUT2D eigenvalue weighted by Gasteiger charge is 2.46. The predicted molar refractivity (Wildman–Crippen MR) is 107 cm³/mol. The van der Waals surface area contributed by atoms with Crippen molar-refractivity contribution in [3.05, 3.63) is 52.4 Å². The molecule has 1 saturated heterocycles. The number of methoxy groups -OCH3 is 2. The first kappa shape index (κ1) is 20.6. The second kappa shape index (κ2) is 8.08. The van der Waals surface area contributed by atoms with Crippen molar-refractivity contribution in [1.82, 2.24) is 14.7 Å². The van der Waals surface area contributed by atoms with Crippen molar-refractivity contribution in [2.45, 2.75) is 19.9 Å². The third kappa shape index (κ3) is 3.51. The van der Waals surface area contributed by atoms with E-state index in [2.05, 4.69) is 5.10 Å². The molecule has 0 radical (unpaired) electrons. The number of ether oxygens (including phenoxy) is 2. The number of nitrogens with zero attached hydrogens (tertiary/aromatic N) is 3. The number of hydrogen-bond acceptors (Lipinski definition) is 6. The molecule has 1 aliphatic rings. The third-order valence-electron chi connectivity index (χ3n) is 5.23. The zero-order valence-corrected chi connectivity index (χ0v) is 17.2. The zero-order valence-electron chi connectivity index (χ0n) is 17.2. The highest BCUT2D eigenvalue weighted by Crippen LogP contribution is 2.40. The average Bonchev–Trinajstić information content (AvgIpc) is 3.11. The Morgan fingerprint density at radius 2 is 1.97 bits per heavy atom. The van der Waals surface area contributed by atoms with Gasteiger partial charge in [0.1, 0.15) is 11.5 Å². The number of rotatable bonds is 6. The molecular formula is C21H25N3O5. The number of aliphatic hydroxyl groups excluding tert-OH is 1. The standard InChI is InChI=1S/C21H25N3O5/c1-12-16(13(2)23(3)22-12)19(25)17-18(14-7-6-8-15(11-14)29-5)24(9-10-28-4)21(27)20(17)26/h6-8,11,18,25H,9-10H2,1-5H3/b19-17+. The van der Waals surface area contributed by atoms with Crippen LogP contribution in [0.4, 0.5) is 0 Å². The highest BCUT2D eigenvalue weighted by molar-refractivity contribution is 6.46. The molecule has 154 valence electrons. The average molecular weight is 399 g/mol. The van der Waals surface area contributed by atoms with E-state index < -0.39 is 17.7 Å². The lowest BCUT2D eigenvalue weighted by Gasteiger charge is -2.25. The lowest BCUT2D eigenvalue weighted by Crippen LogP contribution is -2.32. The maximum atomic E-state index is 13.0. The molecule has 1 fully saturated rings. The summed E-state index contributed by atoms with van der Waals surface area (Å²) in [5, 5.41) is 15.5. The van der Waals surface area contributed by atoms with Crippen molar-refractivity contribution in [3.63, 3.8) is 0 Å². The van der Waals surface area contributed by atoms with Crippen molar-refractivity contribution in [2.75, 3.05) is 27.4 Å². The van der Waals surface area contributed by atoms with Gasteiger partial charge in [0.05, 0.1) is 36.6 Å². The Morgan fingerprint density at radius 1 is 1.24 bits per heavy atom. The molecule has 29 heavy (non-hydrogen) atoms. The first-order valence-electron chi connectivity index (χ1n) is 9.23. The number of likely N-dealkylation sites (tertiary alicyclic amines) is 1. The number of carbonyl (C=O) groups is 2. The van der Waals surface area contributed by atoms with Crippen molar-refractivity contribution in [3.8, 4) is 5.75 Å². The summed E-state index contributed by atoms with van der Waals surface area (Å²) in [4.78, 5) is 27.2. The smallest absolute Gasteiger partial charge is 0.295 e. The molecule has 0 saturated carbocycles. The Balaban J connectivity index is 2.23. The summed E-state index contributed by atoms with van der Waals surface area (Å²) in [6.45, 7) is 4.03. The Labute approximate surface area is 169 Å². The summed E-state index contributed by atoms with van der Waals surface area (Å²) < 4.78 is 12.0. The van der Waals surface area contributed by atoms with Crippen LogP contribution >= 0.6 is 0 Å². The van der Waals surface area contributed by atoms with E-state index in [1.54, 1.807) is 57.0 Å². The molecule has 8 heteroatoms. The fraction of sp³-hybridized carbons (Fsp3) is 0.381. The van der Waals surface area contributed by atoms with Crippen LogP contribution in [0.5, 0.6) is 5.75 Å². The maximum Gasteiger partial charge on any atom is 0.295 e.